The van der Waals surface area contributed by atoms with Crippen LogP contribution in [0, 0.1) is 0 Å². The van der Waals surface area contributed by atoms with E-state index in [-0.39, 0.29) is 39.6 Å². The van der Waals surface area contributed by atoms with E-state index in [9.17, 15) is 39.8 Å². The van der Waals surface area contributed by atoms with Crippen molar-refractivity contribution in [1.29, 1.82) is 0 Å². The summed E-state index contributed by atoms with van der Waals surface area (Å²) in [5.74, 6) is 0.532. The molecular weight excluding hydrogens is 701 g/mol. The second kappa shape index (κ2) is 23.5. The number of hydrogen-bond acceptors (Lipinski definition) is 12. The van der Waals surface area contributed by atoms with Crippen molar-refractivity contribution in [3.05, 3.63) is 116 Å². The van der Waals surface area contributed by atoms with E-state index in [0.717, 1.165) is 22.3 Å². The molecule has 54 heavy (non-hydrogen) atoms. The van der Waals surface area contributed by atoms with Crippen LogP contribution in [0.2, 0.25) is 0 Å². The summed E-state index contributed by atoms with van der Waals surface area (Å²) in [6.07, 6.45) is 7.32. The number of halogens is 1. The maximum absolute atomic E-state index is 12.0. The Morgan fingerprint density at radius 1 is 0.685 bits per heavy atom. The molecule has 0 unspecified atom stereocenters. The number of anilines is 2. The van der Waals surface area contributed by atoms with Gasteiger partial charge in [0, 0.05) is 0 Å². The molecule has 0 aliphatic carbocycles. The summed E-state index contributed by atoms with van der Waals surface area (Å²) in [5.41, 5.74) is 19.0. The first-order valence-electron chi connectivity index (χ1n) is 17.2. The average Bonchev–Trinajstić information content (AvgIpc) is 3.21. The molecule has 1 atom stereocenters. The molecule has 4 rings (SSSR count). The molecule has 292 valence electrons. The quantitative estimate of drug-likeness (QED) is 0.0623. The number of aliphatic hydroxyl groups excluding tert-OH is 7. The van der Waals surface area contributed by atoms with Crippen LogP contribution < -0.4 is 26.3 Å². The van der Waals surface area contributed by atoms with Crippen molar-refractivity contribution in [2.75, 3.05) is 39.0 Å². The van der Waals surface area contributed by atoms with Crippen LogP contribution in [0.5, 0.6) is 11.5 Å². The minimum absolute atomic E-state index is 0.194. The van der Waals surface area contributed by atoms with Crippen molar-refractivity contribution in [2.45, 2.75) is 45.7 Å². The van der Waals surface area contributed by atoms with Crippen molar-refractivity contribution in [3.63, 3.8) is 0 Å². The number of carbonyl (C=O) groups excluding carboxylic acids is 1. The van der Waals surface area contributed by atoms with Crippen LogP contribution in [-0.4, -0.2) is 75.7 Å². The number of nitrogen functional groups attached to an aromatic ring is 1. The summed E-state index contributed by atoms with van der Waals surface area (Å²) in [6, 6.07) is 16.6. The number of ether oxygens (including phenoxy) is 2. The number of methoxy groups -OCH3 is 2. The third-order valence-corrected chi connectivity index (χ3v) is 8.12. The van der Waals surface area contributed by atoms with Crippen LogP contribution in [0.1, 0.15) is 57.0 Å². The van der Waals surface area contributed by atoms with Gasteiger partial charge in [0.15, 0.2) is 0 Å². The van der Waals surface area contributed by atoms with Gasteiger partial charge in [0.05, 0.1) is 80.4 Å². The van der Waals surface area contributed by atoms with Crippen LogP contribution in [0.3, 0.4) is 0 Å². The fraction of sp³-hybridized carbons (Fsp3) is 0.275. The Morgan fingerprint density at radius 3 is 1.43 bits per heavy atom. The van der Waals surface area contributed by atoms with Gasteiger partial charge < -0.3 is 62.0 Å². The number of benzene rings is 4. The maximum Gasteiger partial charge on any atom is 0.243 e. The summed E-state index contributed by atoms with van der Waals surface area (Å²) >= 11 is 0. The van der Waals surface area contributed by atoms with Crippen molar-refractivity contribution >= 4 is 41.6 Å². The number of nitrogens with two attached hydrogens (primary N) is 2. The molecule has 13 nitrogen and oxygen atoms in total. The second-order valence-corrected chi connectivity index (χ2v) is 11.5. The molecule has 0 saturated heterocycles. The van der Waals surface area contributed by atoms with E-state index in [0.29, 0.717) is 56.3 Å². The van der Waals surface area contributed by atoms with Crippen LogP contribution in [0.4, 0.5) is 15.8 Å². The highest BCUT2D eigenvalue weighted by molar-refractivity contribution is 5.96. The second-order valence-electron chi connectivity index (χ2n) is 11.5. The molecule has 14 heteroatoms. The van der Waals surface area contributed by atoms with Crippen LogP contribution in [0.25, 0.3) is 24.3 Å². The summed E-state index contributed by atoms with van der Waals surface area (Å²) in [4.78, 5) is 12.0. The van der Waals surface area contributed by atoms with Gasteiger partial charge in [-0.3, -0.25) is 9.18 Å². The van der Waals surface area contributed by atoms with E-state index in [1.165, 1.54) is 7.11 Å². The molecule has 0 spiro atoms. The Kier molecular flexibility index (Phi) is 18.8. The SMILES string of the molecule is COc1ccc(/C=C\c2cc(CO)c(CO)c(CO)c2)cc1N.COc1ccc(/C=C\c2cc(CO)c(CO)c(CO)c2)cc1NC(=O)[C@@H](N)CO.[2H]CF. The van der Waals surface area contributed by atoms with E-state index < -0.39 is 25.7 Å². The number of amides is 1. The lowest BCUT2D eigenvalue weighted by Gasteiger charge is -2.14. The maximum atomic E-state index is 12.0. The monoisotopic (exact) mass is 752 g/mol. The Hall–Kier alpha value is -5.16. The number of hydrogen-bond donors (Lipinski definition) is 10. The third-order valence-electron chi connectivity index (χ3n) is 8.12. The predicted octanol–water partition coefficient (Wildman–Crippen LogP) is 3.11. The van der Waals surface area contributed by atoms with Gasteiger partial charge >= 0.3 is 0 Å². The van der Waals surface area contributed by atoms with Crippen LogP contribution in [0.15, 0.2) is 60.7 Å². The number of carbonyl (C=O) groups is 1. The number of nitrogens with one attached hydrogen (secondary N) is 1. The largest absolute Gasteiger partial charge is 0.495 e. The van der Waals surface area contributed by atoms with E-state index in [1.807, 2.05) is 18.2 Å². The zero-order chi connectivity index (χ0) is 40.9. The van der Waals surface area contributed by atoms with Gasteiger partial charge in [0.1, 0.15) is 17.5 Å². The number of aliphatic hydroxyl groups is 7. The summed E-state index contributed by atoms with van der Waals surface area (Å²) in [6.45, 7) is -1.86. The lowest BCUT2D eigenvalue weighted by molar-refractivity contribution is -0.118. The van der Waals surface area contributed by atoms with Gasteiger partial charge in [-0.15, -0.1) is 0 Å². The molecule has 0 fully saturated rings. The molecule has 12 N–H and O–H groups in total. The first-order valence-corrected chi connectivity index (χ1v) is 16.5. The van der Waals surface area contributed by atoms with Crippen molar-refractivity contribution in [1.82, 2.24) is 0 Å². The minimum atomic E-state index is -1.04. The Morgan fingerprint density at radius 2 is 1.07 bits per heavy atom. The average molecular weight is 753 g/mol. The highest BCUT2D eigenvalue weighted by Gasteiger charge is 2.15. The molecule has 0 aromatic heterocycles. The van der Waals surface area contributed by atoms with Gasteiger partial charge in [0.2, 0.25) is 5.91 Å². The molecule has 0 radical (unpaired) electrons. The van der Waals surface area contributed by atoms with Gasteiger partial charge in [-0.1, -0.05) is 36.4 Å². The lowest BCUT2D eigenvalue weighted by atomic mass is 9.98. The predicted molar refractivity (Wildman–Crippen MR) is 207 cm³/mol. The Balaban J connectivity index is 0.000000363. The van der Waals surface area contributed by atoms with Crippen molar-refractivity contribution in [3.8, 4) is 11.5 Å². The zero-order valence-corrected chi connectivity index (χ0v) is 30.2. The van der Waals surface area contributed by atoms with E-state index in [2.05, 4.69) is 5.32 Å². The lowest BCUT2D eigenvalue weighted by Crippen LogP contribution is -2.38. The minimum Gasteiger partial charge on any atom is -0.495 e. The molecule has 0 aliphatic heterocycles. The first kappa shape index (κ1) is 43.2. The van der Waals surface area contributed by atoms with E-state index in [4.69, 9.17) is 27.4 Å². The summed E-state index contributed by atoms with van der Waals surface area (Å²) in [5, 5.41) is 68.4. The van der Waals surface area contributed by atoms with Gasteiger partial charge in [0.25, 0.3) is 0 Å². The fourth-order valence-corrected chi connectivity index (χ4v) is 5.29. The van der Waals surface area contributed by atoms with Crippen molar-refractivity contribution < 1.29 is 55.8 Å². The molecule has 0 aliphatic rings. The fourth-order valence-electron chi connectivity index (χ4n) is 5.29. The van der Waals surface area contributed by atoms with Gasteiger partial charge in [-0.05, 0) is 104 Å². The van der Waals surface area contributed by atoms with Crippen LogP contribution >= 0.6 is 0 Å². The normalized spacial score (nSPS) is 11.6. The Bertz CT molecular complexity index is 1840. The molecule has 0 heterocycles. The number of alkyl halides is 1. The molecule has 4 aromatic rings. The van der Waals surface area contributed by atoms with Gasteiger partial charge in [-0.2, -0.15) is 0 Å². The highest BCUT2D eigenvalue weighted by atomic mass is 19.1. The standard InChI is InChI=1S/C21H26N2O6.C18H21NO4.CH3F/c1-29-20-5-4-13(8-19(20)23-21(28)18(22)12-27)2-3-14-6-15(9-24)17(11-26)16(7-14)10-25;1-23-18-5-4-12(8-17(18)19)2-3-13-6-14(9-20)16(11-22)15(7-13)10-21;1-2/h2-8,18,24-27H,9-12,22H2,1H3,(H,23,28);2-8,20-22H,9-11,19H2,1H3;1H3/b2*3-2-;/t18-;;/m0../s1/i;;1D. The van der Waals surface area contributed by atoms with Crippen molar-refractivity contribution in [2.24, 2.45) is 5.73 Å². The molecule has 1 amide bonds. The smallest absolute Gasteiger partial charge is 0.243 e. The topological polar surface area (TPSA) is 241 Å². The highest BCUT2D eigenvalue weighted by Crippen LogP contribution is 2.28. The summed E-state index contributed by atoms with van der Waals surface area (Å²) < 4.78 is 25.9. The molecule has 0 bridgehead atoms. The molecule has 4 aromatic carbocycles. The zero-order valence-electron chi connectivity index (χ0n) is 31.2. The van der Waals surface area contributed by atoms with E-state index in [1.54, 1.807) is 73.9 Å². The van der Waals surface area contributed by atoms with Gasteiger partial charge in [-0.25, -0.2) is 0 Å². The summed E-state index contributed by atoms with van der Waals surface area (Å²) in [7, 11) is 2.04. The molecule has 0 saturated carbocycles. The first-order chi connectivity index (χ1) is 26.5. The Labute approximate surface area is 315 Å². The number of rotatable bonds is 15. The molecular formula is C40H50FN3O10. The van der Waals surface area contributed by atoms with E-state index >= 15 is 0 Å². The third kappa shape index (κ3) is 12.5. The van der Waals surface area contributed by atoms with Crippen LogP contribution in [-0.2, 0) is 44.4 Å².